The molecule has 1 nitrogen and oxygen atoms in total. The number of allylic oxidation sites excluding steroid dienone is 4. The van der Waals surface area contributed by atoms with Crippen LogP contribution in [0, 0.1) is 18.9 Å². The molecule has 115 valence electrons. The van der Waals surface area contributed by atoms with Gasteiger partial charge in [-0.3, -0.25) is 6.08 Å². The van der Waals surface area contributed by atoms with Crippen LogP contribution in [0.2, 0.25) is 0 Å². The van der Waals surface area contributed by atoms with Crippen LogP contribution in [0.1, 0.15) is 46.1 Å². The fourth-order valence-electron chi connectivity index (χ4n) is 1.82. The quantitative estimate of drug-likeness (QED) is 0.481. The van der Waals surface area contributed by atoms with Gasteiger partial charge in [-0.25, -0.2) is 5.57 Å². The second kappa shape index (κ2) is 10.4. The number of aryl methyl sites for hydroxylation is 1. The van der Waals surface area contributed by atoms with E-state index in [-0.39, 0.29) is 21.7 Å². The Morgan fingerprint density at radius 3 is 1.77 bits per heavy atom. The molecule has 0 heterocycles. The van der Waals surface area contributed by atoms with Gasteiger partial charge in [0.05, 0.1) is 10.2 Å². The summed E-state index contributed by atoms with van der Waals surface area (Å²) in [5.41, 5.74) is 12.2. The van der Waals surface area contributed by atoms with Gasteiger partial charge in [-0.2, -0.15) is 11.1 Å². The van der Waals surface area contributed by atoms with Crippen molar-refractivity contribution in [3.63, 3.8) is 0 Å². The number of rotatable bonds is 0. The van der Waals surface area contributed by atoms with Gasteiger partial charge in [0.2, 0.25) is 0 Å². The van der Waals surface area contributed by atoms with Gasteiger partial charge in [-0.15, -0.1) is 13.0 Å². The van der Waals surface area contributed by atoms with E-state index < -0.39 is 0 Å². The molecule has 0 aromatic heterocycles. The second-order valence-corrected chi connectivity index (χ2v) is 6.43. The van der Waals surface area contributed by atoms with Crippen LogP contribution < -0.4 is 5.19 Å². The Balaban J connectivity index is 0.000000312. The predicted molar refractivity (Wildman–Crippen MR) is 93.9 cm³/mol. The predicted octanol–water partition coefficient (Wildman–Crippen LogP) is 4.71. The molecular formula is C19H26NSiTi. The topological polar surface area (TPSA) is 23.8 Å². The summed E-state index contributed by atoms with van der Waals surface area (Å²) in [5, 5.41) is 1.17. The first-order valence-electron chi connectivity index (χ1n) is 7.59. The fraction of sp³-hybridized carbons (Fsp3) is 0.474. The Morgan fingerprint density at radius 1 is 1.09 bits per heavy atom. The van der Waals surface area contributed by atoms with E-state index in [4.69, 9.17) is 5.73 Å². The first-order chi connectivity index (χ1) is 9.82. The van der Waals surface area contributed by atoms with E-state index in [1.165, 1.54) is 27.5 Å². The van der Waals surface area contributed by atoms with Crippen LogP contribution in [0.15, 0.2) is 41.0 Å². The standard InChI is InChI=1S/C9H13.C7H7Si.C3H6N.Ti/c1-6-5-7(2)9(4)8(6)3;1-6-4-2-3-5-7(6)8;4-3-1-2-3;/h6H,1-4H3;2-5H,1H3;3-4H,1-2H2;/q-1;;-1;+2. The van der Waals surface area contributed by atoms with Crippen molar-refractivity contribution in [3.8, 4) is 0 Å². The minimum atomic E-state index is 0. The van der Waals surface area contributed by atoms with Crippen molar-refractivity contribution >= 4 is 15.4 Å². The van der Waals surface area contributed by atoms with Crippen LogP contribution in [-0.2, 0) is 21.7 Å². The van der Waals surface area contributed by atoms with Gasteiger partial charge in [0.1, 0.15) is 0 Å². The molecule has 22 heavy (non-hydrogen) atoms. The Bertz CT molecular complexity index is 509. The van der Waals surface area contributed by atoms with E-state index in [1.807, 2.05) is 18.2 Å². The van der Waals surface area contributed by atoms with Crippen LogP contribution in [0.3, 0.4) is 0 Å². The monoisotopic (exact) mass is 344 g/mol. The first-order valence-corrected chi connectivity index (χ1v) is 8.09. The summed E-state index contributed by atoms with van der Waals surface area (Å²) >= 11 is 0. The molecule has 0 bridgehead atoms. The first kappa shape index (κ1) is 21.6. The molecule has 1 atom stereocenters. The van der Waals surface area contributed by atoms with E-state index in [2.05, 4.69) is 57.0 Å². The molecule has 1 saturated carbocycles. The van der Waals surface area contributed by atoms with Gasteiger partial charge in [0, 0.05) is 0 Å². The molecule has 3 heteroatoms. The van der Waals surface area contributed by atoms with E-state index >= 15 is 0 Å². The van der Waals surface area contributed by atoms with Gasteiger partial charge in [0.15, 0.2) is 0 Å². The van der Waals surface area contributed by atoms with Crippen LogP contribution in [0.4, 0.5) is 0 Å². The molecule has 0 amide bonds. The van der Waals surface area contributed by atoms with Crippen LogP contribution in [-0.4, -0.2) is 16.3 Å². The Kier molecular flexibility index (Phi) is 10.2. The Morgan fingerprint density at radius 2 is 1.59 bits per heavy atom. The normalized spacial score (nSPS) is 19.2. The molecule has 1 fully saturated rings. The van der Waals surface area contributed by atoms with Gasteiger partial charge in [-0.05, 0) is 6.92 Å². The third-order valence-corrected chi connectivity index (χ3v) is 4.52. The largest absolute Gasteiger partial charge is 2.00 e. The van der Waals surface area contributed by atoms with Crippen molar-refractivity contribution in [1.82, 2.24) is 0 Å². The van der Waals surface area contributed by atoms with Crippen LogP contribution in [0.25, 0.3) is 5.73 Å². The van der Waals surface area contributed by atoms with Crippen molar-refractivity contribution in [2.45, 2.75) is 53.5 Å². The van der Waals surface area contributed by atoms with E-state index in [1.54, 1.807) is 0 Å². The maximum absolute atomic E-state index is 6.69. The minimum absolute atomic E-state index is 0. The Hall–Kier alpha value is -0.409. The number of benzene rings is 1. The maximum Gasteiger partial charge on any atom is 2.00 e. The third-order valence-electron chi connectivity index (χ3n) is 3.96. The molecule has 1 N–H and O–H groups in total. The molecule has 2 aliphatic rings. The zero-order valence-electron chi connectivity index (χ0n) is 14.4. The summed E-state index contributed by atoms with van der Waals surface area (Å²) in [4.78, 5) is 0. The van der Waals surface area contributed by atoms with Gasteiger partial charge in [0.25, 0.3) is 0 Å². The fourth-order valence-corrected chi connectivity index (χ4v) is 2.00. The maximum atomic E-state index is 6.69. The molecule has 1 aromatic rings. The number of hydrogen-bond acceptors (Lipinski definition) is 0. The van der Waals surface area contributed by atoms with Crippen molar-refractivity contribution in [1.29, 1.82) is 0 Å². The smallest absolute Gasteiger partial charge is 0.675 e. The molecule has 1 aromatic carbocycles. The summed E-state index contributed by atoms with van der Waals surface area (Å²) in [6.07, 6.45) is 5.66. The third kappa shape index (κ3) is 7.73. The number of nitrogens with one attached hydrogen (secondary N) is 1. The van der Waals surface area contributed by atoms with Gasteiger partial charge >= 0.3 is 21.7 Å². The van der Waals surface area contributed by atoms with Crippen molar-refractivity contribution < 1.29 is 21.7 Å². The van der Waals surface area contributed by atoms with Crippen molar-refractivity contribution in [2.75, 3.05) is 0 Å². The molecule has 3 rings (SSSR count). The van der Waals surface area contributed by atoms with Crippen LogP contribution >= 0.6 is 0 Å². The molecule has 0 aliphatic heterocycles. The van der Waals surface area contributed by atoms with Crippen LogP contribution in [0.5, 0.6) is 0 Å². The second-order valence-electron chi connectivity index (χ2n) is 5.89. The molecule has 0 saturated heterocycles. The summed E-state index contributed by atoms with van der Waals surface area (Å²) < 4.78 is 0. The van der Waals surface area contributed by atoms with Crippen molar-refractivity contribution in [2.24, 2.45) is 5.92 Å². The molecule has 3 radical (unpaired) electrons. The molecule has 2 aliphatic carbocycles. The van der Waals surface area contributed by atoms with Crippen molar-refractivity contribution in [3.05, 3.63) is 58.4 Å². The SMILES string of the molecule is CC1=[C-]C(C)C(C)=C1C.Cc1ccccc1[Si].[NH-]C1CC1.[Ti+2]. The summed E-state index contributed by atoms with van der Waals surface area (Å²) in [6.45, 7) is 10.7. The zero-order valence-corrected chi connectivity index (χ0v) is 16.9. The molecular weight excluding hydrogens is 318 g/mol. The number of hydrogen-bond donors (Lipinski definition) is 0. The average Bonchev–Trinajstić information content (AvgIpc) is 3.20. The molecule has 1 unspecified atom stereocenters. The minimum Gasteiger partial charge on any atom is -0.675 e. The summed E-state index contributed by atoms with van der Waals surface area (Å²) in [6, 6.07) is 8.48. The van der Waals surface area contributed by atoms with E-state index in [0.717, 1.165) is 12.8 Å². The van der Waals surface area contributed by atoms with E-state index in [9.17, 15) is 0 Å². The average molecular weight is 344 g/mol. The van der Waals surface area contributed by atoms with E-state index in [0.29, 0.717) is 12.0 Å². The summed E-state index contributed by atoms with van der Waals surface area (Å²) in [5.74, 6) is 0.560. The van der Waals surface area contributed by atoms with Gasteiger partial charge < -0.3 is 5.73 Å². The summed E-state index contributed by atoms with van der Waals surface area (Å²) in [7, 11) is 3.44. The Labute approximate surface area is 154 Å². The molecule has 0 spiro atoms. The van der Waals surface area contributed by atoms with Gasteiger partial charge in [-0.1, -0.05) is 74.5 Å². The zero-order chi connectivity index (χ0) is 16.0.